The minimum absolute atomic E-state index is 0.911. The zero-order valence-corrected chi connectivity index (χ0v) is 30.9. The molecule has 0 unspecified atom stereocenters. The molecule has 1 heterocycles. The van der Waals surface area contributed by atoms with Gasteiger partial charge in [-0.1, -0.05) is 170 Å². The van der Waals surface area contributed by atoms with Crippen LogP contribution in [-0.4, -0.2) is 0 Å². The fourth-order valence-corrected chi connectivity index (χ4v) is 10.0. The Bertz CT molecular complexity index is 3780. The molecule has 12 aromatic carbocycles. The van der Waals surface area contributed by atoms with Gasteiger partial charge in [-0.25, -0.2) is 0 Å². The summed E-state index contributed by atoms with van der Waals surface area (Å²) in [5, 5.41) is 19.8. The molecule has 13 rings (SSSR count). The van der Waals surface area contributed by atoms with Gasteiger partial charge in [0, 0.05) is 21.7 Å². The van der Waals surface area contributed by atoms with Crippen LogP contribution in [0.5, 0.6) is 0 Å². The van der Waals surface area contributed by atoms with Gasteiger partial charge in [0.25, 0.3) is 0 Å². The standard InChI is InChI=1S/C56H32O/c1-2-10-33(11-3-1)40-18-9-19-47-44(40)28-29-48-50-31-39(41-26-24-37-22-21-35-13-8-14-36-25-27-46(41)54(37)52(35)36)32-51(56(50)57-55(47)48)49-30-38-23-20-34-12-4-5-15-42(34)53(38)45-17-7-6-16-43(45)49/h1-32H. The van der Waals surface area contributed by atoms with E-state index >= 15 is 0 Å². The first-order chi connectivity index (χ1) is 28.3. The normalized spacial score (nSPS) is 12.2. The van der Waals surface area contributed by atoms with Crippen molar-refractivity contribution >= 4 is 97.3 Å². The van der Waals surface area contributed by atoms with Crippen molar-refractivity contribution in [2.75, 3.05) is 0 Å². The minimum Gasteiger partial charge on any atom is -0.455 e. The van der Waals surface area contributed by atoms with Crippen LogP contribution >= 0.6 is 0 Å². The molecule has 0 aliphatic rings. The highest BCUT2D eigenvalue weighted by Crippen LogP contribution is 2.48. The van der Waals surface area contributed by atoms with Gasteiger partial charge in [-0.15, -0.1) is 0 Å². The Morgan fingerprint density at radius 3 is 1.68 bits per heavy atom. The Hall–Kier alpha value is -7.48. The highest BCUT2D eigenvalue weighted by molar-refractivity contribution is 6.28. The number of fused-ring (bicyclic) bond motifs is 10. The first-order valence-electron chi connectivity index (χ1n) is 19.7. The van der Waals surface area contributed by atoms with Gasteiger partial charge in [0.05, 0.1) is 0 Å². The second kappa shape index (κ2) is 11.5. The molecule has 57 heavy (non-hydrogen) atoms. The third-order valence-electron chi connectivity index (χ3n) is 12.6. The summed E-state index contributed by atoms with van der Waals surface area (Å²) in [6.07, 6.45) is 0. The zero-order chi connectivity index (χ0) is 37.2. The number of hydrogen-bond donors (Lipinski definition) is 0. The SMILES string of the molecule is c1ccc(-c2cccc3c2ccc2c4cc(-c5ccc6ccc7cccc8ccc5c6c78)cc(-c5cc6ccc7ccccc7c6c6ccccc56)c4oc32)cc1. The van der Waals surface area contributed by atoms with Crippen molar-refractivity contribution in [3.8, 4) is 33.4 Å². The molecule has 0 aliphatic heterocycles. The van der Waals surface area contributed by atoms with Crippen LogP contribution in [0.15, 0.2) is 199 Å². The molecule has 13 aromatic rings. The zero-order valence-electron chi connectivity index (χ0n) is 30.9. The van der Waals surface area contributed by atoms with Gasteiger partial charge in [0.15, 0.2) is 0 Å². The fourth-order valence-electron chi connectivity index (χ4n) is 10.0. The van der Waals surface area contributed by atoms with E-state index in [0.717, 1.165) is 32.9 Å². The molecule has 0 atom stereocenters. The molecule has 0 N–H and O–H groups in total. The molecule has 0 saturated carbocycles. The van der Waals surface area contributed by atoms with Gasteiger partial charge in [0.1, 0.15) is 11.2 Å². The Labute approximate surface area is 328 Å². The van der Waals surface area contributed by atoms with E-state index in [4.69, 9.17) is 4.42 Å². The van der Waals surface area contributed by atoms with Crippen molar-refractivity contribution in [1.82, 2.24) is 0 Å². The Morgan fingerprint density at radius 1 is 0.228 bits per heavy atom. The van der Waals surface area contributed by atoms with Crippen LogP contribution in [0.3, 0.4) is 0 Å². The van der Waals surface area contributed by atoms with Crippen LogP contribution in [-0.2, 0) is 0 Å². The minimum atomic E-state index is 0.911. The average Bonchev–Trinajstić information content (AvgIpc) is 3.67. The van der Waals surface area contributed by atoms with Crippen molar-refractivity contribution in [2.45, 2.75) is 0 Å². The number of benzene rings is 12. The molecule has 0 amide bonds. The molecular weight excluding hydrogens is 689 g/mol. The van der Waals surface area contributed by atoms with Crippen LogP contribution in [0, 0.1) is 0 Å². The summed E-state index contributed by atoms with van der Waals surface area (Å²) in [7, 11) is 0. The Balaban J connectivity index is 1.17. The van der Waals surface area contributed by atoms with E-state index in [1.165, 1.54) is 97.8 Å². The first kappa shape index (κ1) is 30.8. The smallest absolute Gasteiger partial charge is 0.143 e. The Morgan fingerprint density at radius 2 is 0.807 bits per heavy atom. The van der Waals surface area contributed by atoms with E-state index in [1.54, 1.807) is 0 Å². The summed E-state index contributed by atoms with van der Waals surface area (Å²) in [4.78, 5) is 0. The lowest BCUT2D eigenvalue weighted by atomic mass is 9.87. The van der Waals surface area contributed by atoms with Crippen molar-refractivity contribution < 1.29 is 4.42 Å². The van der Waals surface area contributed by atoms with E-state index in [-0.39, 0.29) is 0 Å². The molecule has 0 spiro atoms. The van der Waals surface area contributed by atoms with Crippen LogP contribution in [0.4, 0.5) is 0 Å². The molecule has 0 radical (unpaired) electrons. The lowest BCUT2D eigenvalue weighted by Gasteiger charge is -2.16. The quantitative estimate of drug-likeness (QED) is 0.166. The average molecular weight is 721 g/mol. The van der Waals surface area contributed by atoms with Gasteiger partial charge >= 0.3 is 0 Å². The number of rotatable bonds is 3. The summed E-state index contributed by atoms with van der Waals surface area (Å²) in [6, 6.07) is 71.6. The molecule has 0 fully saturated rings. The third kappa shape index (κ3) is 4.34. The third-order valence-corrected chi connectivity index (χ3v) is 12.6. The highest BCUT2D eigenvalue weighted by Gasteiger charge is 2.22. The first-order valence-corrected chi connectivity index (χ1v) is 19.7. The maximum Gasteiger partial charge on any atom is 0.143 e. The summed E-state index contributed by atoms with van der Waals surface area (Å²) in [5.74, 6) is 0. The van der Waals surface area contributed by atoms with Crippen LogP contribution < -0.4 is 0 Å². The predicted octanol–water partition coefficient (Wildman–Crippen LogP) is 16.1. The van der Waals surface area contributed by atoms with Crippen molar-refractivity contribution in [3.63, 3.8) is 0 Å². The largest absolute Gasteiger partial charge is 0.455 e. The molecule has 262 valence electrons. The fraction of sp³-hybridized carbons (Fsp3) is 0. The van der Waals surface area contributed by atoms with Crippen molar-refractivity contribution in [2.24, 2.45) is 0 Å². The van der Waals surface area contributed by atoms with Gasteiger partial charge in [0.2, 0.25) is 0 Å². The second-order valence-corrected chi connectivity index (χ2v) is 15.5. The maximum absolute atomic E-state index is 7.24. The van der Waals surface area contributed by atoms with Crippen LogP contribution in [0.25, 0.3) is 131 Å². The number of furan rings is 1. The van der Waals surface area contributed by atoms with Crippen LogP contribution in [0.1, 0.15) is 0 Å². The summed E-state index contributed by atoms with van der Waals surface area (Å²) >= 11 is 0. The van der Waals surface area contributed by atoms with Crippen molar-refractivity contribution in [1.29, 1.82) is 0 Å². The van der Waals surface area contributed by atoms with Gasteiger partial charge < -0.3 is 4.42 Å². The highest BCUT2D eigenvalue weighted by atomic mass is 16.3. The van der Waals surface area contributed by atoms with E-state index in [2.05, 4.69) is 194 Å². The molecular formula is C56H32O. The van der Waals surface area contributed by atoms with Crippen LogP contribution in [0.2, 0.25) is 0 Å². The lowest BCUT2D eigenvalue weighted by molar-refractivity contribution is 0.674. The molecule has 1 heteroatoms. The monoisotopic (exact) mass is 720 g/mol. The van der Waals surface area contributed by atoms with E-state index in [1.807, 2.05) is 0 Å². The topological polar surface area (TPSA) is 13.1 Å². The Kier molecular flexibility index (Phi) is 6.23. The summed E-state index contributed by atoms with van der Waals surface area (Å²) < 4.78 is 7.24. The number of hydrogen-bond acceptors (Lipinski definition) is 1. The maximum atomic E-state index is 7.24. The molecule has 0 saturated heterocycles. The predicted molar refractivity (Wildman–Crippen MR) is 244 cm³/mol. The second-order valence-electron chi connectivity index (χ2n) is 15.5. The summed E-state index contributed by atoms with van der Waals surface area (Å²) in [6.45, 7) is 0. The van der Waals surface area contributed by atoms with Gasteiger partial charge in [-0.2, -0.15) is 0 Å². The molecule has 0 aliphatic carbocycles. The van der Waals surface area contributed by atoms with E-state index < -0.39 is 0 Å². The van der Waals surface area contributed by atoms with Crippen molar-refractivity contribution in [3.05, 3.63) is 194 Å². The molecule has 1 aromatic heterocycles. The molecule has 1 nitrogen and oxygen atoms in total. The van der Waals surface area contributed by atoms with Gasteiger partial charge in [-0.05, 0) is 122 Å². The lowest BCUT2D eigenvalue weighted by Crippen LogP contribution is -1.90. The summed E-state index contributed by atoms with van der Waals surface area (Å²) in [5.41, 5.74) is 8.91. The van der Waals surface area contributed by atoms with E-state index in [0.29, 0.717) is 0 Å². The van der Waals surface area contributed by atoms with Gasteiger partial charge in [-0.3, -0.25) is 0 Å². The molecule has 0 bridgehead atoms. The van der Waals surface area contributed by atoms with E-state index in [9.17, 15) is 0 Å².